The van der Waals surface area contributed by atoms with E-state index >= 15 is 0 Å². The van der Waals surface area contributed by atoms with Gasteiger partial charge >= 0.3 is 0 Å². The van der Waals surface area contributed by atoms with E-state index in [0.29, 0.717) is 19.0 Å². The van der Waals surface area contributed by atoms with Gasteiger partial charge in [-0.15, -0.1) is 24.0 Å². The number of hydrogen-bond acceptors (Lipinski definition) is 4. The minimum Gasteiger partial charge on any atom is -0.383 e. The number of fused-ring (bicyclic) bond motifs is 1. The Kier molecular flexibility index (Phi) is 8.91. The summed E-state index contributed by atoms with van der Waals surface area (Å²) in [5.41, 5.74) is 2.55. The van der Waals surface area contributed by atoms with E-state index in [1.807, 2.05) is 20.2 Å². The molecule has 1 aromatic heterocycles. The molecule has 172 valence electrons. The average molecular weight is 540 g/mol. The molecule has 0 saturated carbocycles. The van der Waals surface area contributed by atoms with Crippen LogP contribution in [-0.4, -0.2) is 57.5 Å². The molecule has 1 unspecified atom stereocenters. The quantitative estimate of drug-likeness (QED) is 0.286. The zero-order valence-electron chi connectivity index (χ0n) is 19.4. The number of aryl methyl sites for hydroxylation is 1. The van der Waals surface area contributed by atoms with Crippen LogP contribution < -0.4 is 10.6 Å². The Morgan fingerprint density at radius 3 is 2.55 bits per heavy atom. The number of benzene rings is 1. The molecule has 1 aliphatic rings. The SMILES string of the molecule is CCNC(=NCC(C)(C)N1CCc2ccccc2C1)NCC(C)(O)c1cnn(C)c1.I. The molecule has 0 saturated heterocycles. The van der Waals surface area contributed by atoms with Crippen molar-refractivity contribution in [1.29, 1.82) is 0 Å². The van der Waals surface area contributed by atoms with Crippen molar-refractivity contribution < 1.29 is 5.11 Å². The summed E-state index contributed by atoms with van der Waals surface area (Å²) in [6.45, 7) is 12.1. The second kappa shape index (κ2) is 10.8. The number of aromatic nitrogens is 2. The van der Waals surface area contributed by atoms with Crippen molar-refractivity contribution in [2.75, 3.05) is 26.2 Å². The Morgan fingerprint density at radius 2 is 1.90 bits per heavy atom. The van der Waals surface area contributed by atoms with E-state index in [2.05, 4.69) is 58.7 Å². The van der Waals surface area contributed by atoms with Crippen molar-refractivity contribution in [3.05, 3.63) is 53.3 Å². The largest absolute Gasteiger partial charge is 0.383 e. The van der Waals surface area contributed by atoms with Gasteiger partial charge in [-0.2, -0.15) is 5.10 Å². The van der Waals surface area contributed by atoms with Crippen LogP contribution in [0, 0.1) is 0 Å². The van der Waals surface area contributed by atoms with E-state index in [-0.39, 0.29) is 29.5 Å². The molecule has 3 N–H and O–H groups in total. The van der Waals surface area contributed by atoms with Gasteiger partial charge in [-0.3, -0.25) is 14.6 Å². The standard InChI is InChI=1S/C23H36N6O.HI/c1-6-24-21(26-17-23(4,30)20-13-27-28(5)15-20)25-16-22(2,3)29-12-11-18-9-7-8-10-19(18)14-29;/h7-10,13,15,30H,6,11-12,14,16-17H2,1-5H3,(H2,24,25,26);1H. The lowest BCUT2D eigenvalue weighted by Gasteiger charge is -2.40. The van der Waals surface area contributed by atoms with Gasteiger partial charge in [0.15, 0.2) is 5.96 Å². The van der Waals surface area contributed by atoms with Gasteiger partial charge in [0, 0.05) is 44.0 Å². The number of guanidine groups is 1. The summed E-state index contributed by atoms with van der Waals surface area (Å²) in [5, 5.41) is 21.6. The molecule has 8 heteroatoms. The highest BCUT2D eigenvalue weighted by Gasteiger charge is 2.30. The molecular formula is C23H37IN6O. The smallest absolute Gasteiger partial charge is 0.191 e. The fraction of sp³-hybridized carbons (Fsp3) is 0.565. The van der Waals surface area contributed by atoms with E-state index in [4.69, 9.17) is 4.99 Å². The second-order valence-corrected chi connectivity index (χ2v) is 8.98. The van der Waals surface area contributed by atoms with Crippen LogP contribution in [0.5, 0.6) is 0 Å². The monoisotopic (exact) mass is 540 g/mol. The summed E-state index contributed by atoms with van der Waals surface area (Å²) in [7, 11) is 1.85. The maximum Gasteiger partial charge on any atom is 0.191 e. The Bertz CT molecular complexity index is 876. The average Bonchev–Trinajstić information content (AvgIpc) is 3.17. The van der Waals surface area contributed by atoms with Gasteiger partial charge in [0.05, 0.1) is 19.3 Å². The molecule has 0 spiro atoms. The van der Waals surface area contributed by atoms with E-state index in [9.17, 15) is 5.11 Å². The third-order valence-electron chi connectivity index (χ3n) is 5.88. The van der Waals surface area contributed by atoms with Crippen LogP contribution in [0.1, 0.15) is 44.4 Å². The van der Waals surface area contributed by atoms with Crippen LogP contribution in [-0.2, 0) is 25.6 Å². The minimum absolute atomic E-state index is 0. The van der Waals surface area contributed by atoms with E-state index in [1.165, 1.54) is 11.1 Å². The zero-order valence-corrected chi connectivity index (χ0v) is 21.7. The Hall–Kier alpha value is -1.65. The molecule has 1 aromatic carbocycles. The minimum atomic E-state index is -1.03. The maximum absolute atomic E-state index is 10.8. The maximum atomic E-state index is 10.8. The number of nitrogens with zero attached hydrogens (tertiary/aromatic N) is 4. The molecule has 1 atom stereocenters. The zero-order chi connectivity index (χ0) is 21.8. The molecule has 1 aliphatic heterocycles. The summed E-state index contributed by atoms with van der Waals surface area (Å²) in [5.74, 6) is 0.715. The Balaban J connectivity index is 0.00000341. The van der Waals surface area contributed by atoms with Gasteiger partial charge in [-0.25, -0.2) is 0 Å². The molecule has 3 rings (SSSR count). The third kappa shape index (κ3) is 6.66. The molecule has 2 aromatic rings. The number of rotatable bonds is 7. The van der Waals surface area contributed by atoms with E-state index in [0.717, 1.165) is 31.6 Å². The van der Waals surface area contributed by atoms with Gasteiger partial charge in [0.1, 0.15) is 5.60 Å². The van der Waals surface area contributed by atoms with Crippen LogP contribution in [0.15, 0.2) is 41.7 Å². The number of nitrogens with one attached hydrogen (secondary N) is 2. The van der Waals surface area contributed by atoms with Crippen molar-refractivity contribution in [3.8, 4) is 0 Å². The topological polar surface area (TPSA) is 77.7 Å². The summed E-state index contributed by atoms with van der Waals surface area (Å²) >= 11 is 0. The normalized spacial score (nSPS) is 16.8. The molecule has 0 amide bonds. The van der Waals surface area contributed by atoms with Crippen LogP contribution in [0.25, 0.3) is 0 Å². The van der Waals surface area contributed by atoms with Gasteiger partial charge < -0.3 is 15.7 Å². The summed E-state index contributed by atoms with van der Waals surface area (Å²) in [4.78, 5) is 7.35. The van der Waals surface area contributed by atoms with Crippen molar-refractivity contribution in [3.63, 3.8) is 0 Å². The van der Waals surface area contributed by atoms with Crippen LogP contribution in [0.4, 0.5) is 0 Å². The Labute approximate surface area is 203 Å². The number of aliphatic hydroxyl groups is 1. The first-order chi connectivity index (χ1) is 14.2. The number of aliphatic imine (C=N–C) groups is 1. The van der Waals surface area contributed by atoms with E-state index < -0.39 is 5.60 Å². The predicted molar refractivity (Wildman–Crippen MR) is 137 cm³/mol. The first kappa shape index (κ1) is 25.6. The summed E-state index contributed by atoms with van der Waals surface area (Å²) in [6, 6.07) is 8.71. The van der Waals surface area contributed by atoms with E-state index in [1.54, 1.807) is 17.8 Å². The van der Waals surface area contributed by atoms with Gasteiger partial charge in [0.25, 0.3) is 0 Å². The number of halogens is 1. The lowest BCUT2D eigenvalue weighted by molar-refractivity contribution is 0.0615. The lowest BCUT2D eigenvalue weighted by atomic mass is 9.94. The molecular weight excluding hydrogens is 503 g/mol. The predicted octanol–water partition coefficient (Wildman–Crippen LogP) is 2.64. The molecule has 7 nitrogen and oxygen atoms in total. The van der Waals surface area contributed by atoms with Crippen LogP contribution in [0.2, 0.25) is 0 Å². The first-order valence-corrected chi connectivity index (χ1v) is 10.8. The summed E-state index contributed by atoms with van der Waals surface area (Å²) < 4.78 is 1.70. The molecule has 31 heavy (non-hydrogen) atoms. The Morgan fingerprint density at radius 1 is 1.19 bits per heavy atom. The fourth-order valence-corrected chi connectivity index (χ4v) is 3.78. The van der Waals surface area contributed by atoms with Gasteiger partial charge in [-0.1, -0.05) is 24.3 Å². The molecule has 0 radical (unpaired) electrons. The van der Waals surface area contributed by atoms with Crippen molar-refractivity contribution in [1.82, 2.24) is 25.3 Å². The van der Waals surface area contributed by atoms with Crippen molar-refractivity contribution >= 4 is 29.9 Å². The molecule has 0 fully saturated rings. The highest BCUT2D eigenvalue weighted by atomic mass is 127. The first-order valence-electron chi connectivity index (χ1n) is 10.8. The third-order valence-corrected chi connectivity index (χ3v) is 5.88. The number of hydrogen-bond donors (Lipinski definition) is 3. The molecule has 0 aliphatic carbocycles. The van der Waals surface area contributed by atoms with Crippen LogP contribution >= 0.6 is 24.0 Å². The fourth-order valence-electron chi connectivity index (χ4n) is 3.78. The lowest BCUT2D eigenvalue weighted by Crippen LogP contribution is -2.50. The van der Waals surface area contributed by atoms with Crippen molar-refractivity contribution in [2.45, 2.75) is 51.8 Å². The van der Waals surface area contributed by atoms with Gasteiger partial charge in [-0.05, 0) is 45.2 Å². The van der Waals surface area contributed by atoms with Gasteiger partial charge in [0.2, 0.25) is 0 Å². The second-order valence-electron chi connectivity index (χ2n) is 8.98. The summed E-state index contributed by atoms with van der Waals surface area (Å²) in [6.07, 6.45) is 4.61. The highest BCUT2D eigenvalue weighted by Crippen LogP contribution is 2.25. The molecule has 2 heterocycles. The van der Waals surface area contributed by atoms with Crippen molar-refractivity contribution in [2.24, 2.45) is 12.0 Å². The van der Waals surface area contributed by atoms with Crippen LogP contribution in [0.3, 0.4) is 0 Å². The molecule has 0 bridgehead atoms. The highest BCUT2D eigenvalue weighted by molar-refractivity contribution is 14.0.